The Morgan fingerprint density at radius 1 is 1.45 bits per heavy atom. The van der Waals surface area contributed by atoms with Gasteiger partial charge < -0.3 is 4.90 Å². The topological polar surface area (TPSA) is 20.3 Å². The molecule has 62 valence electrons. The average molecular weight is 153 g/mol. The third-order valence-electron chi connectivity index (χ3n) is 1.57. The van der Waals surface area contributed by atoms with E-state index >= 15 is 0 Å². The number of hydrogen-bond donors (Lipinski definition) is 0. The average Bonchev–Trinajstić information content (AvgIpc) is 2.05. The van der Waals surface area contributed by atoms with Gasteiger partial charge in [-0.25, -0.2) is 0 Å². The fourth-order valence-corrected chi connectivity index (χ4v) is 0.801. The molecule has 0 bridgehead atoms. The third-order valence-corrected chi connectivity index (χ3v) is 1.57. The van der Waals surface area contributed by atoms with E-state index in [1.807, 2.05) is 13.8 Å². The van der Waals surface area contributed by atoms with Crippen molar-refractivity contribution in [1.82, 2.24) is 4.90 Å². The van der Waals surface area contributed by atoms with E-state index in [4.69, 9.17) is 0 Å². The van der Waals surface area contributed by atoms with Crippen molar-refractivity contribution in [2.75, 3.05) is 13.1 Å². The minimum atomic E-state index is -0.0231. The molecule has 2 nitrogen and oxygen atoms in total. The van der Waals surface area contributed by atoms with Crippen molar-refractivity contribution in [3.8, 4) is 0 Å². The summed E-state index contributed by atoms with van der Waals surface area (Å²) in [5.74, 6) is -0.0231. The first-order valence-electron chi connectivity index (χ1n) is 3.77. The lowest BCUT2D eigenvalue weighted by molar-refractivity contribution is -0.126. The van der Waals surface area contributed by atoms with Crippen molar-refractivity contribution in [3.63, 3.8) is 0 Å². The SMILES string of the molecule is C=CC(=C)C(=O)N(CC)CC. The maximum atomic E-state index is 11.3. The first-order chi connectivity index (χ1) is 5.17. The number of hydrogen-bond acceptors (Lipinski definition) is 1. The van der Waals surface area contributed by atoms with Gasteiger partial charge in [-0.15, -0.1) is 0 Å². The van der Waals surface area contributed by atoms with Gasteiger partial charge in [-0.2, -0.15) is 0 Å². The van der Waals surface area contributed by atoms with Crippen LogP contribution in [0.5, 0.6) is 0 Å². The van der Waals surface area contributed by atoms with Crippen LogP contribution in [0.4, 0.5) is 0 Å². The summed E-state index contributed by atoms with van der Waals surface area (Å²) in [5, 5.41) is 0. The Kier molecular flexibility index (Phi) is 4.27. The molecule has 1 amide bonds. The number of nitrogens with zero attached hydrogens (tertiary/aromatic N) is 1. The van der Waals surface area contributed by atoms with Crippen molar-refractivity contribution in [3.05, 3.63) is 24.8 Å². The van der Waals surface area contributed by atoms with Gasteiger partial charge in [0.25, 0.3) is 5.91 Å². The Labute approximate surface area is 68.2 Å². The molecule has 0 aliphatic heterocycles. The van der Waals surface area contributed by atoms with Gasteiger partial charge in [-0.3, -0.25) is 4.79 Å². The molecule has 0 aromatic heterocycles. The number of carbonyl (C=O) groups is 1. The van der Waals surface area contributed by atoms with E-state index in [-0.39, 0.29) is 5.91 Å². The van der Waals surface area contributed by atoms with Gasteiger partial charge in [0.1, 0.15) is 0 Å². The number of rotatable bonds is 4. The van der Waals surface area contributed by atoms with Gasteiger partial charge in [0.15, 0.2) is 0 Å². The van der Waals surface area contributed by atoms with E-state index in [0.717, 1.165) is 13.1 Å². The summed E-state index contributed by atoms with van der Waals surface area (Å²) in [4.78, 5) is 13.0. The fourth-order valence-electron chi connectivity index (χ4n) is 0.801. The lowest BCUT2D eigenvalue weighted by Crippen LogP contribution is -2.30. The quantitative estimate of drug-likeness (QED) is 0.443. The highest BCUT2D eigenvalue weighted by Crippen LogP contribution is 1.99. The monoisotopic (exact) mass is 153 g/mol. The molecule has 0 N–H and O–H groups in total. The van der Waals surface area contributed by atoms with Gasteiger partial charge in [0.05, 0.1) is 0 Å². The van der Waals surface area contributed by atoms with Gasteiger partial charge in [0.2, 0.25) is 0 Å². The molecule has 0 rings (SSSR count). The molecular formula is C9H15NO. The minimum absolute atomic E-state index is 0.0231. The fraction of sp³-hybridized carbons (Fsp3) is 0.444. The molecular weight excluding hydrogens is 138 g/mol. The molecule has 0 heterocycles. The first-order valence-corrected chi connectivity index (χ1v) is 3.77. The van der Waals surface area contributed by atoms with Crippen LogP contribution in [-0.4, -0.2) is 23.9 Å². The predicted molar refractivity (Wildman–Crippen MR) is 47.3 cm³/mol. The molecule has 0 fully saturated rings. The molecule has 0 aromatic carbocycles. The zero-order chi connectivity index (χ0) is 8.85. The van der Waals surface area contributed by atoms with Crippen molar-refractivity contribution in [2.24, 2.45) is 0 Å². The van der Waals surface area contributed by atoms with Crippen LogP contribution in [0.3, 0.4) is 0 Å². The van der Waals surface area contributed by atoms with E-state index in [2.05, 4.69) is 13.2 Å². The molecule has 0 aliphatic carbocycles. The Hall–Kier alpha value is -1.05. The van der Waals surface area contributed by atoms with E-state index in [0.29, 0.717) is 5.57 Å². The van der Waals surface area contributed by atoms with E-state index in [1.54, 1.807) is 4.90 Å². The van der Waals surface area contributed by atoms with Gasteiger partial charge in [-0.1, -0.05) is 19.2 Å². The molecule has 0 unspecified atom stereocenters. The maximum absolute atomic E-state index is 11.3. The Morgan fingerprint density at radius 3 is 2.18 bits per heavy atom. The molecule has 0 radical (unpaired) electrons. The van der Waals surface area contributed by atoms with Crippen LogP contribution in [0.25, 0.3) is 0 Å². The summed E-state index contributed by atoms with van der Waals surface area (Å²) >= 11 is 0. The van der Waals surface area contributed by atoms with Crippen LogP contribution < -0.4 is 0 Å². The Morgan fingerprint density at radius 2 is 1.91 bits per heavy atom. The molecule has 0 atom stereocenters. The highest BCUT2D eigenvalue weighted by Gasteiger charge is 2.09. The molecule has 0 spiro atoms. The van der Waals surface area contributed by atoms with Crippen molar-refractivity contribution < 1.29 is 4.79 Å². The van der Waals surface area contributed by atoms with Crippen LogP contribution in [0.1, 0.15) is 13.8 Å². The third kappa shape index (κ3) is 2.58. The minimum Gasteiger partial charge on any atom is -0.339 e. The number of amides is 1. The highest BCUT2D eigenvalue weighted by atomic mass is 16.2. The van der Waals surface area contributed by atoms with Gasteiger partial charge >= 0.3 is 0 Å². The molecule has 11 heavy (non-hydrogen) atoms. The summed E-state index contributed by atoms with van der Waals surface area (Å²) in [6, 6.07) is 0. The van der Waals surface area contributed by atoms with Crippen molar-refractivity contribution in [2.45, 2.75) is 13.8 Å². The number of carbonyl (C=O) groups excluding carboxylic acids is 1. The summed E-state index contributed by atoms with van der Waals surface area (Å²) in [6.07, 6.45) is 1.49. The number of likely N-dealkylation sites (N-methyl/N-ethyl adjacent to an activating group) is 1. The molecule has 0 saturated heterocycles. The van der Waals surface area contributed by atoms with Crippen LogP contribution in [0, 0.1) is 0 Å². The normalized spacial score (nSPS) is 8.91. The first kappa shape index (κ1) is 9.95. The maximum Gasteiger partial charge on any atom is 0.253 e. The summed E-state index contributed by atoms with van der Waals surface area (Å²) in [7, 11) is 0. The second-order valence-corrected chi connectivity index (χ2v) is 2.21. The smallest absolute Gasteiger partial charge is 0.253 e. The summed E-state index contributed by atoms with van der Waals surface area (Å²) in [5.41, 5.74) is 0.466. The van der Waals surface area contributed by atoms with Crippen LogP contribution in [0.2, 0.25) is 0 Å². The van der Waals surface area contributed by atoms with Crippen LogP contribution in [0.15, 0.2) is 24.8 Å². The van der Waals surface area contributed by atoms with Crippen molar-refractivity contribution in [1.29, 1.82) is 0 Å². The standard InChI is InChI=1S/C9H15NO/c1-5-8(4)9(11)10(6-2)7-3/h5H,1,4,6-7H2,2-3H3. The zero-order valence-corrected chi connectivity index (χ0v) is 7.26. The van der Waals surface area contributed by atoms with Gasteiger partial charge in [-0.05, 0) is 13.8 Å². The lowest BCUT2D eigenvalue weighted by atomic mass is 10.2. The van der Waals surface area contributed by atoms with E-state index in [1.165, 1.54) is 6.08 Å². The van der Waals surface area contributed by atoms with Crippen molar-refractivity contribution >= 4 is 5.91 Å². The van der Waals surface area contributed by atoms with Crippen LogP contribution in [-0.2, 0) is 4.79 Å². The molecule has 0 aromatic rings. The second-order valence-electron chi connectivity index (χ2n) is 2.21. The van der Waals surface area contributed by atoms with Gasteiger partial charge in [0, 0.05) is 18.7 Å². The second kappa shape index (κ2) is 4.72. The summed E-state index contributed by atoms with van der Waals surface area (Å²) < 4.78 is 0. The zero-order valence-electron chi connectivity index (χ0n) is 7.26. The van der Waals surface area contributed by atoms with Crippen LogP contribution >= 0.6 is 0 Å². The van der Waals surface area contributed by atoms with E-state index in [9.17, 15) is 4.79 Å². The Bertz CT molecular complexity index is 168. The molecule has 2 heteroatoms. The summed E-state index contributed by atoms with van der Waals surface area (Å²) in [6.45, 7) is 12.4. The largest absolute Gasteiger partial charge is 0.339 e. The highest BCUT2D eigenvalue weighted by molar-refractivity contribution is 5.95. The predicted octanol–water partition coefficient (Wildman–Crippen LogP) is 1.60. The lowest BCUT2D eigenvalue weighted by Gasteiger charge is -2.18. The molecule has 0 saturated carbocycles. The van der Waals surface area contributed by atoms with E-state index < -0.39 is 0 Å². The molecule has 0 aliphatic rings. The Balaban J connectivity index is 4.20.